The van der Waals surface area contributed by atoms with Crippen LogP contribution in [0.25, 0.3) is 11.2 Å². The van der Waals surface area contributed by atoms with E-state index < -0.39 is 45.4 Å². The second-order valence-electron chi connectivity index (χ2n) is 13.1. The first kappa shape index (κ1) is 38.5. The SMILES string of the molecule is CC(C)(O)O.CCCSc1nc(N([C@@H]2CC2c2ccc(F)c(F)c2)S(=O)(=O)c2ccc(C)cc2)c2nnn([C@H]3CC[C@@H](OCC(=O)OC)C3)c2n1. The summed E-state index contributed by atoms with van der Waals surface area (Å²) in [7, 11) is -2.90. The van der Waals surface area contributed by atoms with Crippen LogP contribution in [0.1, 0.15) is 76.0 Å². The van der Waals surface area contributed by atoms with Crippen LogP contribution in [0.3, 0.4) is 0 Å². The highest BCUT2D eigenvalue weighted by atomic mass is 32.2. The molecule has 1 unspecified atom stereocenters. The number of carbonyl (C=O) groups is 1. The van der Waals surface area contributed by atoms with Gasteiger partial charge in [0.1, 0.15) is 6.61 Å². The van der Waals surface area contributed by atoms with E-state index >= 15 is 0 Å². The van der Waals surface area contributed by atoms with Crippen molar-refractivity contribution in [3.63, 3.8) is 0 Å². The van der Waals surface area contributed by atoms with Crippen LogP contribution in [-0.2, 0) is 24.3 Å². The first-order valence-electron chi connectivity index (χ1n) is 16.6. The van der Waals surface area contributed by atoms with Crippen LogP contribution in [-0.4, -0.2) is 87.0 Å². The number of rotatable bonds is 12. The van der Waals surface area contributed by atoms with Crippen molar-refractivity contribution in [1.29, 1.82) is 0 Å². The minimum Gasteiger partial charge on any atom is -0.467 e. The number of sulfonamides is 1. The molecule has 2 fully saturated rings. The summed E-state index contributed by atoms with van der Waals surface area (Å²) in [4.78, 5) is 21.2. The molecular weight excluding hydrogens is 707 g/mol. The number of aryl methyl sites for hydroxylation is 1. The molecule has 0 saturated heterocycles. The number of hydrogen-bond donors (Lipinski definition) is 2. The van der Waals surface area contributed by atoms with Gasteiger partial charge >= 0.3 is 5.97 Å². The van der Waals surface area contributed by atoms with Crippen molar-refractivity contribution < 1.29 is 41.7 Å². The van der Waals surface area contributed by atoms with Gasteiger partial charge in [0.2, 0.25) is 0 Å². The number of nitrogens with zero attached hydrogens (tertiary/aromatic N) is 6. The maximum Gasteiger partial charge on any atom is 0.331 e. The van der Waals surface area contributed by atoms with Crippen molar-refractivity contribution in [3.8, 4) is 0 Å². The van der Waals surface area contributed by atoms with E-state index in [-0.39, 0.29) is 35.0 Å². The van der Waals surface area contributed by atoms with Crippen LogP contribution in [0.5, 0.6) is 0 Å². The molecule has 2 saturated carbocycles. The molecule has 6 rings (SSSR count). The lowest BCUT2D eigenvalue weighted by Crippen LogP contribution is -2.35. The molecule has 0 radical (unpaired) electrons. The number of carbonyl (C=O) groups excluding carboxylic acids is 1. The van der Waals surface area contributed by atoms with Gasteiger partial charge in [0.05, 0.1) is 30.2 Å². The van der Waals surface area contributed by atoms with E-state index in [1.165, 1.54) is 43.1 Å². The Kier molecular flexibility index (Phi) is 12.0. The van der Waals surface area contributed by atoms with E-state index in [0.29, 0.717) is 47.8 Å². The quantitative estimate of drug-likeness (QED) is 0.0857. The van der Waals surface area contributed by atoms with Crippen LogP contribution < -0.4 is 4.31 Å². The predicted molar refractivity (Wildman–Crippen MR) is 186 cm³/mol. The molecule has 0 amide bonds. The molecule has 4 atom stereocenters. The zero-order valence-corrected chi connectivity index (χ0v) is 30.6. The standard InChI is InChI=1S/C31H34F2N6O5S2.C3H8O2/c1-4-13-45-31-34-29-28(36-37-38(29)20-8-9-21(15-20)44-17-27(40)43-3)30(35-31)39(46(41,42)22-10-5-18(2)6-11-22)26-16-23(26)19-7-12-24(32)25(33)14-19;1-3(2,4)5/h5-7,10-12,14,20-21,23,26H,4,8-9,13,15-17H2,1-3H3;4-5H,1-2H3/t20-,21+,23?,26+;/m0./s1. The highest BCUT2D eigenvalue weighted by molar-refractivity contribution is 7.99. The number of halogens is 2. The summed E-state index contributed by atoms with van der Waals surface area (Å²) in [5, 5.41) is 25.4. The number of ether oxygens (including phenoxy) is 2. The highest BCUT2D eigenvalue weighted by Gasteiger charge is 2.50. The van der Waals surface area contributed by atoms with Gasteiger partial charge in [0.15, 0.2) is 39.6 Å². The highest BCUT2D eigenvalue weighted by Crippen LogP contribution is 2.49. The number of aromatic nitrogens is 5. The van der Waals surface area contributed by atoms with Crippen molar-refractivity contribution in [1.82, 2.24) is 25.0 Å². The van der Waals surface area contributed by atoms with Gasteiger partial charge in [-0.3, -0.25) is 0 Å². The van der Waals surface area contributed by atoms with E-state index in [2.05, 4.69) is 15.0 Å². The van der Waals surface area contributed by atoms with Gasteiger partial charge in [-0.15, -0.1) is 5.10 Å². The molecule has 276 valence electrons. The lowest BCUT2D eigenvalue weighted by molar-refractivity contribution is -0.147. The second kappa shape index (κ2) is 15.9. The van der Waals surface area contributed by atoms with Gasteiger partial charge in [-0.25, -0.2) is 40.9 Å². The minimum absolute atomic E-state index is 0.0670. The number of aliphatic hydroxyl groups is 2. The summed E-state index contributed by atoms with van der Waals surface area (Å²) in [5.41, 5.74) is 1.99. The number of fused-ring (bicyclic) bond motifs is 1. The molecule has 2 aliphatic carbocycles. The van der Waals surface area contributed by atoms with Gasteiger partial charge < -0.3 is 19.7 Å². The van der Waals surface area contributed by atoms with Gasteiger partial charge in [0, 0.05) is 11.7 Å². The Balaban J connectivity index is 0.000000943. The smallest absolute Gasteiger partial charge is 0.331 e. The molecule has 2 heterocycles. The second-order valence-corrected chi connectivity index (χ2v) is 15.9. The number of thioether (sulfide) groups is 1. The third-order valence-electron chi connectivity index (χ3n) is 8.30. The Morgan fingerprint density at radius 3 is 2.43 bits per heavy atom. The summed E-state index contributed by atoms with van der Waals surface area (Å²) in [6.45, 7) is 6.34. The zero-order valence-electron chi connectivity index (χ0n) is 29.0. The average Bonchev–Trinajstić information content (AvgIpc) is 3.48. The molecule has 51 heavy (non-hydrogen) atoms. The Bertz CT molecular complexity index is 1950. The Hall–Kier alpha value is -3.77. The van der Waals surface area contributed by atoms with Crippen molar-refractivity contribution in [2.24, 2.45) is 0 Å². The van der Waals surface area contributed by atoms with E-state index in [9.17, 15) is 22.0 Å². The molecular formula is C34H42F2N6O7S2. The Morgan fingerprint density at radius 1 is 1.08 bits per heavy atom. The molecule has 0 bridgehead atoms. The van der Waals surface area contributed by atoms with Crippen LogP contribution in [0.4, 0.5) is 14.6 Å². The monoisotopic (exact) mass is 748 g/mol. The van der Waals surface area contributed by atoms with Crippen LogP contribution >= 0.6 is 11.8 Å². The van der Waals surface area contributed by atoms with E-state index in [4.69, 9.17) is 24.9 Å². The minimum atomic E-state index is -4.21. The van der Waals surface area contributed by atoms with Crippen LogP contribution in [0.2, 0.25) is 0 Å². The summed E-state index contributed by atoms with van der Waals surface area (Å²) < 4.78 is 70.3. The molecule has 4 aromatic rings. The van der Waals surface area contributed by atoms with Crippen LogP contribution in [0.15, 0.2) is 52.5 Å². The summed E-state index contributed by atoms with van der Waals surface area (Å²) in [6, 6.07) is 9.38. The van der Waals surface area contributed by atoms with Crippen LogP contribution in [0, 0.1) is 18.6 Å². The largest absolute Gasteiger partial charge is 0.467 e. The third kappa shape index (κ3) is 9.37. The first-order chi connectivity index (χ1) is 24.1. The number of anilines is 1. The maximum atomic E-state index is 14.5. The maximum absolute atomic E-state index is 14.5. The third-order valence-corrected chi connectivity index (χ3v) is 11.2. The Labute approximate surface area is 299 Å². The fraction of sp³-hybridized carbons (Fsp3) is 0.500. The van der Waals surface area contributed by atoms with Gasteiger partial charge in [0.25, 0.3) is 10.0 Å². The van der Waals surface area contributed by atoms with Crippen molar-refractivity contribution in [2.75, 3.05) is 23.8 Å². The van der Waals surface area contributed by atoms with Crippen molar-refractivity contribution >= 4 is 44.7 Å². The molecule has 2 aliphatic rings. The first-order valence-corrected chi connectivity index (χ1v) is 19.0. The summed E-state index contributed by atoms with van der Waals surface area (Å²) in [5.74, 6) is -3.54. The zero-order chi connectivity index (χ0) is 37.1. The number of hydrogen-bond acceptors (Lipinski definition) is 12. The summed E-state index contributed by atoms with van der Waals surface area (Å²) >= 11 is 1.40. The molecule has 2 aromatic carbocycles. The molecule has 17 heteroatoms. The summed E-state index contributed by atoms with van der Waals surface area (Å²) in [6.07, 6.45) is 2.94. The number of benzene rings is 2. The van der Waals surface area contributed by atoms with E-state index in [1.54, 1.807) is 28.9 Å². The van der Waals surface area contributed by atoms with E-state index in [0.717, 1.165) is 24.1 Å². The molecule has 2 aromatic heterocycles. The topological polar surface area (TPSA) is 170 Å². The number of methoxy groups -OCH3 is 1. The van der Waals surface area contributed by atoms with Crippen molar-refractivity contribution in [2.45, 2.75) is 99.7 Å². The van der Waals surface area contributed by atoms with Crippen molar-refractivity contribution in [3.05, 3.63) is 65.2 Å². The average molecular weight is 749 g/mol. The molecule has 0 aliphatic heterocycles. The molecule has 0 spiro atoms. The lowest BCUT2D eigenvalue weighted by atomic mass is 10.1. The van der Waals surface area contributed by atoms with Gasteiger partial charge in [-0.1, -0.05) is 47.7 Å². The lowest BCUT2D eigenvalue weighted by Gasteiger charge is -2.25. The normalized spacial score (nSPS) is 20.2. The fourth-order valence-corrected chi connectivity index (χ4v) is 8.15. The molecule has 2 N–H and O–H groups in total. The Morgan fingerprint density at radius 2 is 1.78 bits per heavy atom. The van der Waals surface area contributed by atoms with Gasteiger partial charge in [-0.2, -0.15) is 0 Å². The van der Waals surface area contributed by atoms with E-state index in [1.807, 2.05) is 13.8 Å². The fourth-order valence-electron chi connectivity index (χ4n) is 5.80. The number of esters is 1. The predicted octanol–water partition coefficient (Wildman–Crippen LogP) is 5.05. The molecule has 13 nitrogen and oxygen atoms in total. The van der Waals surface area contributed by atoms with Gasteiger partial charge in [-0.05, 0) is 82.7 Å².